The fourth-order valence-electron chi connectivity index (χ4n) is 2.34. The van der Waals surface area contributed by atoms with Crippen LogP contribution in [-0.2, 0) is 0 Å². The van der Waals surface area contributed by atoms with Gasteiger partial charge < -0.3 is 0 Å². The van der Waals surface area contributed by atoms with Crippen LogP contribution in [0.3, 0.4) is 0 Å². The van der Waals surface area contributed by atoms with E-state index in [0.29, 0.717) is 12.3 Å². The molecule has 0 bridgehead atoms. The highest BCUT2D eigenvalue weighted by molar-refractivity contribution is 4.97. The molecule has 70 valence electrons. The number of nitrogens with one attached hydrogen (secondary N) is 1. The van der Waals surface area contributed by atoms with Gasteiger partial charge in [-0.3, -0.25) is 5.32 Å². The highest BCUT2D eigenvalue weighted by atomic mass is 15.9. The molecule has 2 rings (SSSR count). The lowest BCUT2D eigenvalue weighted by Crippen LogP contribution is -2.39. The molecule has 0 radical (unpaired) electrons. The molecule has 1 N–H and O–H groups in total. The van der Waals surface area contributed by atoms with Gasteiger partial charge in [0.2, 0.25) is 0 Å². The summed E-state index contributed by atoms with van der Waals surface area (Å²) in [5.41, 5.74) is 0. The van der Waals surface area contributed by atoms with Crippen molar-refractivity contribution in [1.29, 1.82) is 0 Å². The Morgan fingerprint density at radius 1 is 0.917 bits per heavy atom. The van der Waals surface area contributed by atoms with Gasteiger partial charge in [0, 0.05) is 0 Å². The molecular weight excluding hydrogens is 150 g/mol. The number of fused-ring (bicyclic) bond motifs is 1. The van der Waals surface area contributed by atoms with Gasteiger partial charge in [0.15, 0.2) is 0 Å². The van der Waals surface area contributed by atoms with Crippen molar-refractivity contribution in [3.63, 3.8) is 0 Å². The van der Waals surface area contributed by atoms with Gasteiger partial charge in [-0.2, -0.15) is 0 Å². The Bertz CT molecular complexity index is 155. The van der Waals surface area contributed by atoms with E-state index in [-0.39, 0.29) is 0 Å². The van der Waals surface area contributed by atoms with Crippen molar-refractivity contribution >= 4 is 0 Å². The molecule has 2 heterocycles. The van der Waals surface area contributed by atoms with E-state index < -0.39 is 0 Å². The third-order valence-electron chi connectivity index (χ3n) is 2.98. The van der Waals surface area contributed by atoms with Crippen LogP contribution in [0.25, 0.3) is 0 Å². The Balaban J connectivity index is 2.00. The lowest BCUT2D eigenvalue weighted by atomic mass is 10.3. The van der Waals surface area contributed by atoms with E-state index in [2.05, 4.69) is 36.1 Å². The molecule has 0 amide bonds. The quantitative estimate of drug-likeness (QED) is 0.643. The zero-order chi connectivity index (χ0) is 8.72. The monoisotopic (exact) mass is 169 g/mol. The molecule has 0 saturated carbocycles. The maximum atomic E-state index is 3.61. The van der Waals surface area contributed by atoms with Gasteiger partial charge >= 0.3 is 0 Å². The first-order chi connectivity index (χ1) is 5.83. The third kappa shape index (κ3) is 1.00. The molecular formula is C9H19N3. The first-order valence-corrected chi connectivity index (χ1v) is 5.16. The first kappa shape index (κ1) is 8.48. The van der Waals surface area contributed by atoms with Crippen LogP contribution in [0.1, 0.15) is 40.0 Å². The van der Waals surface area contributed by atoms with E-state index in [1.54, 1.807) is 0 Å². The molecule has 12 heavy (non-hydrogen) atoms. The van der Waals surface area contributed by atoms with Gasteiger partial charge in [-0.1, -0.05) is 20.8 Å². The van der Waals surface area contributed by atoms with Crippen molar-refractivity contribution in [2.75, 3.05) is 0 Å². The van der Waals surface area contributed by atoms with Gasteiger partial charge in [-0.25, -0.2) is 10.0 Å². The Kier molecular flexibility index (Phi) is 2.10. The van der Waals surface area contributed by atoms with E-state index in [4.69, 9.17) is 0 Å². The average Bonchev–Trinajstić information content (AvgIpc) is 2.71. The molecule has 0 aromatic heterocycles. The normalized spacial score (nSPS) is 50.8. The number of rotatable bonds is 3. The summed E-state index contributed by atoms with van der Waals surface area (Å²) in [6.45, 7) is 6.76. The zero-order valence-corrected chi connectivity index (χ0v) is 8.25. The average molecular weight is 169 g/mol. The number of nitrogens with zero attached hydrogens (tertiary/aromatic N) is 2. The van der Waals surface area contributed by atoms with Crippen LogP contribution in [0, 0.1) is 0 Å². The minimum absolute atomic E-state index is 0.611. The molecule has 4 unspecified atom stereocenters. The zero-order valence-electron chi connectivity index (χ0n) is 8.25. The second kappa shape index (κ2) is 2.98. The van der Waals surface area contributed by atoms with Gasteiger partial charge in [0.25, 0.3) is 0 Å². The fraction of sp³-hybridized carbons (Fsp3) is 1.00. The lowest BCUT2D eigenvalue weighted by molar-refractivity contribution is 0.302. The lowest BCUT2D eigenvalue weighted by Gasteiger charge is -2.16. The third-order valence-corrected chi connectivity index (χ3v) is 2.98. The topological polar surface area (TPSA) is 18.0 Å². The SMILES string of the molecule is CCC1NC(CC)N2C(CC)N12. The summed E-state index contributed by atoms with van der Waals surface area (Å²) >= 11 is 0. The molecule has 0 aromatic rings. The van der Waals surface area contributed by atoms with E-state index in [9.17, 15) is 0 Å². The van der Waals surface area contributed by atoms with Gasteiger partial charge in [0.05, 0.1) is 18.5 Å². The molecule has 4 atom stereocenters. The number of hydrogen-bond acceptors (Lipinski definition) is 3. The molecule has 0 spiro atoms. The van der Waals surface area contributed by atoms with Crippen LogP contribution in [0.15, 0.2) is 0 Å². The van der Waals surface area contributed by atoms with Crippen molar-refractivity contribution in [1.82, 2.24) is 15.3 Å². The van der Waals surface area contributed by atoms with E-state index in [0.717, 1.165) is 6.17 Å². The predicted octanol–water partition coefficient (Wildman–Crippen LogP) is 1.33. The molecule has 2 fully saturated rings. The highest BCUT2D eigenvalue weighted by Gasteiger charge is 2.56. The standard InChI is InChI=1S/C9H19N3/c1-4-7-10-8(5-2)12-9(6-3)11(7)12/h7-10H,4-6H2,1-3H3. The molecule has 3 nitrogen and oxygen atoms in total. The Labute approximate surface area is 74.7 Å². The van der Waals surface area contributed by atoms with Gasteiger partial charge in [-0.15, -0.1) is 0 Å². The van der Waals surface area contributed by atoms with E-state index in [1.807, 2.05) is 0 Å². The second-order valence-electron chi connectivity index (χ2n) is 3.66. The minimum atomic E-state index is 0.611. The summed E-state index contributed by atoms with van der Waals surface area (Å²) in [4.78, 5) is 0. The van der Waals surface area contributed by atoms with Crippen molar-refractivity contribution in [3.8, 4) is 0 Å². The van der Waals surface area contributed by atoms with Crippen LogP contribution in [-0.4, -0.2) is 28.5 Å². The summed E-state index contributed by atoms with van der Waals surface area (Å²) in [6.07, 6.45) is 5.64. The van der Waals surface area contributed by atoms with Crippen molar-refractivity contribution in [2.45, 2.75) is 58.5 Å². The number of hydrogen-bond donors (Lipinski definition) is 1. The largest absolute Gasteiger partial charge is 0.284 e. The maximum absolute atomic E-state index is 3.61. The van der Waals surface area contributed by atoms with Crippen LogP contribution in [0.4, 0.5) is 0 Å². The summed E-state index contributed by atoms with van der Waals surface area (Å²) in [5.74, 6) is 0. The smallest absolute Gasteiger partial charge is 0.0928 e. The van der Waals surface area contributed by atoms with Crippen LogP contribution in [0.5, 0.6) is 0 Å². The summed E-state index contributed by atoms with van der Waals surface area (Å²) < 4.78 is 0. The van der Waals surface area contributed by atoms with Crippen LogP contribution in [0.2, 0.25) is 0 Å². The molecule has 0 aromatic carbocycles. The van der Waals surface area contributed by atoms with Gasteiger partial charge in [-0.05, 0) is 19.3 Å². The first-order valence-electron chi connectivity index (χ1n) is 5.16. The van der Waals surface area contributed by atoms with Crippen LogP contribution >= 0.6 is 0 Å². The Morgan fingerprint density at radius 3 is 1.75 bits per heavy atom. The summed E-state index contributed by atoms with van der Waals surface area (Å²) in [5, 5.41) is 8.59. The second-order valence-corrected chi connectivity index (χ2v) is 3.66. The van der Waals surface area contributed by atoms with Crippen LogP contribution < -0.4 is 5.32 Å². The summed E-state index contributed by atoms with van der Waals surface area (Å²) in [7, 11) is 0. The molecule has 0 aliphatic carbocycles. The highest BCUT2D eigenvalue weighted by Crippen LogP contribution is 2.39. The maximum Gasteiger partial charge on any atom is 0.0928 e. The van der Waals surface area contributed by atoms with E-state index in [1.165, 1.54) is 19.3 Å². The van der Waals surface area contributed by atoms with Gasteiger partial charge in [0.1, 0.15) is 0 Å². The fourth-order valence-corrected chi connectivity index (χ4v) is 2.34. The van der Waals surface area contributed by atoms with Crippen molar-refractivity contribution in [3.05, 3.63) is 0 Å². The predicted molar refractivity (Wildman–Crippen MR) is 49.1 cm³/mol. The number of hydrazine groups is 1. The molecule has 3 heteroatoms. The molecule has 2 aliphatic rings. The molecule has 2 saturated heterocycles. The minimum Gasteiger partial charge on any atom is -0.284 e. The Morgan fingerprint density at radius 2 is 1.42 bits per heavy atom. The van der Waals surface area contributed by atoms with Crippen molar-refractivity contribution in [2.24, 2.45) is 0 Å². The molecule has 2 aliphatic heterocycles. The van der Waals surface area contributed by atoms with Crippen molar-refractivity contribution < 1.29 is 0 Å². The summed E-state index contributed by atoms with van der Waals surface area (Å²) in [6, 6.07) is 0. The Hall–Kier alpha value is -0.120. The van der Waals surface area contributed by atoms with E-state index >= 15 is 0 Å².